The molecule has 0 aromatic carbocycles. The molecule has 5 nitrogen and oxygen atoms in total. The van der Waals surface area contributed by atoms with Gasteiger partial charge >= 0.3 is 0 Å². The van der Waals surface area contributed by atoms with E-state index in [2.05, 4.69) is 27.8 Å². The minimum Gasteiger partial charge on any atom is -0.391 e. The van der Waals surface area contributed by atoms with Crippen LogP contribution in [0.25, 0.3) is 0 Å². The van der Waals surface area contributed by atoms with Gasteiger partial charge in [-0.1, -0.05) is 6.92 Å². The monoisotopic (exact) mass is 382 g/mol. The maximum Gasteiger partial charge on any atom is 0.245 e. The summed E-state index contributed by atoms with van der Waals surface area (Å²) in [6.45, 7) is 2.96. The average Bonchev–Trinajstić information content (AvgIpc) is 2.93. The number of sulfonamides is 1. The molecule has 1 aromatic heterocycles. The van der Waals surface area contributed by atoms with Gasteiger partial charge in [-0.05, 0) is 42.0 Å². The zero-order chi connectivity index (χ0) is 15.1. The van der Waals surface area contributed by atoms with Crippen LogP contribution in [0.3, 0.4) is 0 Å². The molecule has 1 N–H and O–H groups in total. The molecule has 20 heavy (non-hydrogen) atoms. The fourth-order valence-corrected chi connectivity index (χ4v) is 6.62. The van der Waals surface area contributed by atoms with Gasteiger partial charge in [-0.2, -0.15) is 4.31 Å². The van der Waals surface area contributed by atoms with Crippen molar-refractivity contribution in [3.05, 3.63) is 14.7 Å². The average molecular weight is 383 g/mol. The minimum absolute atomic E-state index is 0.143. The fraction of sp³-hybridized carbons (Fsp3) is 0.667. The lowest BCUT2D eigenvalue weighted by molar-refractivity contribution is 0.263. The Hall–Kier alpha value is 0.01000. The second kappa shape index (κ2) is 6.02. The normalized spacial score (nSPS) is 24.7. The standard InChI is InChI=1S/C12H19BrN2O3S2/c1-8-5-15(6-10(8)14(2)3)20(17,18)11-4-9(7-16)19-12(11)13/h4,8,10,16H,5-7H2,1-3H3. The number of likely N-dealkylation sites (N-methyl/N-ethyl adjacent to an activating group) is 1. The van der Waals surface area contributed by atoms with Crippen molar-refractivity contribution < 1.29 is 13.5 Å². The molecule has 8 heteroatoms. The Balaban J connectivity index is 2.30. The largest absolute Gasteiger partial charge is 0.391 e. The molecule has 1 aromatic rings. The van der Waals surface area contributed by atoms with E-state index in [1.54, 1.807) is 6.07 Å². The SMILES string of the molecule is CC1CN(S(=O)(=O)c2cc(CO)sc2Br)CC1N(C)C. The van der Waals surface area contributed by atoms with Crippen molar-refractivity contribution >= 4 is 37.3 Å². The second-order valence-corrected chi connectivity index (χ2v) is 9.70. The Morgan fingerprint density at radius 3 is 2.60 bits per heavy atom. The number of hydrogen-bond donors (Lipinski definition) is 1. The highest BCUT2D eigenvalue weighted by atomic mass is 79.9. The smallest absolute Gasteiger partial charge is 0.245 e. The predicted molar refractivity (Wildman–Crippen MR) is 83.3 cm³/mol. The predicted octanol–water partition coefficient (Wildman–Crippen LogP) is 1.57. The molecule has 0 spiro atoms. The summed E-state index contributed by atoms with van der Waals surface area (Å²) in [6, 6.07) is 1.79. The van der Waals surface area contributed by atoms with Gasteiger partial charge < -0.3 is 10.0 Å². The van der Waals surface area contributed by atoms with Crippen molar-refractivity contribution in [1.82, 2.24) is 9.21 Å². The van der Waals surface area contributed by atoms with Gasteiger partial charge in [0, 0.05) is 24.0 Å². The Kier molecular flexibility index (Phi) is 4.93. The molecule has 0 aliphatic carbocycles. The number of halogens is 1. The van der Waals surface area contributed by atoms with Crippen molar-refractivity contribution in [3.8, 4) is 0 Å². The van der Waals surface area contributed by atoms with Gasteiger partial charge in [-0.25, -0.2) is 8.42 Å². The molecule has 1 fully saturated rings. The molecule has 0 bridgehead atoms. The van der Waals surface area contributed by atoms with E-state index in [1.165, 1.54) is 15.6 Å². The summed E-state index contributed by atoms with van der Waals surface area (Å²) in [5.74, 6) is 0.300. The van der Waals surface area contributed by atoms with Gasteiger partial charge in [0.05, 0.1) is 10.4 Å². The molecule has 2 unspecified atom stereocenters. The molecule has 0 saturated carbocycles. The number of nitrogens with zero attached hydrogens (tertiary/aromatic N) is 2. The zero-order valence-electron chi connectivity index (χ0n) is 11.7. The molecular weight excluding hydrogens is 364 g/mol. The summed E-state index contributed by atoms with van der Waals surface area (Å²) in [5, 5.41) is 9.14. The third-order valence-corrected chi connectivity index (χ3v) is 7.75. The van der Waals surface area contributed by atoms with Gasteiger partial charge in [0.1, 0.15) is 4.90 Å². The van der Waals surface area contributed by atoms with Gasteiger partial charge in [0.25, 0.3) is 0 Å². The van der Waals surface area contributed by atoms with E-state index in [9.17, 15) is 8.42 Å². The minimum atomic E-state index is -3.50. The van der Waals surface area contributed by atoms with Crippen LogP contribution in [0.15, 0.2) is 14.7 Å². The van der Waals surface area contributed by atoms with E-state index in [4.69, 9.17) is 5.11 Å². The lowest BCUT2D eigenvalue weighted by Gasteiger charge is -2.22. The molecule has 2 heterocycles. The van der Waals surface area contributed by atoms with E-state index in [-0.39, 0.29) is 17.5 Å². The molecule has 1 aliphatic rings. The van der Waals surface area contributed by atoms with E-state index in [0.29, 0.717) is 27.7 Å². The molecular formula is C12H19BrN2O3S2. The lowest BCUT2D eigenvalue weighted by Crippen LogP contribution is -2.35. The molecule has 1 saturated heterocycles. The molecule has 2 atom stereocenters. The van der Waals surface area contributed by atoms with Crippen molar-refractivity contribution in [2.24, 2.45) is 5.92 Å². The second-order valence-electron chi connectivity index (χ2n) is 5.34. The van der Waals surface area contributed by atoms with Crippen LogP contribution in [0.4, 0.5) is 0 Å². The number of hydrogen-bond acceptors (Lipinski definition) is 5. The van der Waals surface area contributed by atoms with E-state index in [1.807, 2.05) is 14.1 Å². The Bertz CT molecular complexity index is 586. The van der Waals surface area contributed by atoms with Crippen LogP contribution in [0.5, 0.6) is 0 Å². The van der Waals surface area contributed by atoms with Crippen LogP contribution in [-0.4, -0.2) is 56.0 Å². The quantitative estimate of drug-likeness (QED) is 0.858. The van der Waals surface area contributed by atoms with Crippen LogP contribution in [0, 0.1) is 5.92 Å². The van der Waals surface area contributed by atoms with E-state index >= 15 is 0 Å². The van der Waals surface area contributed by atoms with Gasteiger partial charge in [0.15, 0.2) is 0 Å². The van der Waals surface area contributed by atoms with Crippen LogP contribution < -0.4 is 0 Å². The van der Waals surface area contributed by atoms with Crippen molar-refractivity contribution in [3.63, 3.8) is 0 Å². The number of rotatable bonds is 4. The highest BCUT2D eigenvalue weighted by molar-refractivity contribution is 9.11. The van der Waals surface area contributed by atoms with Gasteiger partial charge in [-0.15, -0.1) is 11.3 Å². The van der Waals surface area contributed by atoms with E-state index in [0.717, 1.165) is 0 Å². The first kappa shape index (κ1) is 16.4. The van der Waals surface area contributed by atoms with Crippen LogP contribution in [0.2, 0.25) is 0 Å². The van der Waals surface area contributed by atoms with Crippen molar-refractivity contribution in [1.29, 1.82) is 0 Å². The molecule has 2 rings (SSSR count). The first-order chi connectivity index (χ1) is 9.27. The molecule has 0 radical (unpaired) electrons. The number of aliphatic hydroxyl groups excluding tert-OH is 1. The first-order valence-electron chi connectivity index (χ1n) is 6.33. The first-order valence-corrected chi connectivity index (χ1v) is 9.38. The number of thiophene rings is 1. The summed E-state index contributed by atoms with van der Waals surface area (Å²) in [5.41, 5.74) is 0. The van der Waals surface area contributed by atoms with Crippen molar-refractivity contribution in [2.75, 3.05) is 27.2 Å². The molecule has 1 aliphatic heterocycles. The van der Waals surface area contributed by atoms with Crippen LogP contribution in [0.1, 0.15) is 11.8 Å². The zero-order valence-corrected chi connectivity index (χ0v) is 14.9. The number of aliphatic hydroxyl groups is 1. The highest BCUT2D eigenvalue weighted by Crippen LogP contribution is 2.35. The summed E-state index contributed by atoms with van der Waals surface area (Å²) >= 11 is 4.55. The van der Waals surface area contributed by atoms with E-state index < -0.39 is 10.0 Å². The van der Waals surface area contributed by atoms with Crippen molar-refractivity contribution in [2.45, 2.75) is 24.5 Å². The summed E-state index contributed by atoms with van der Waals surface area (Å²) < 4.78 is 27.5. The third-order valence-electron chi connectivity index (χ3n) is 3.68. The Morgan fingerprint density at radius 2 is 2.15 bits per heavy atom. The Morgan fingerprint density at radius 1 is 1.50 bits per heavy atom. The topological polar surface area (TPSA) is 60.9 Å². The van der Waals surface area contributed by atoms with Crippen LogP contribution in [-0.2, 0) is 16.6 Å². The maximum absolute atomic E-state index is 12.7. The van der Waals surface area contributed by atoms with Crippen LogP contribution >= 0.6 is 27.3 Å². The highest BCUT2D eigenvalue weighted by Gasteiger charge is 2.39. The maximum atomic E-state index is 12.7. The molecule has 114 valence electrons. The third kappa shape index (κ3) is 2.95. The Labute approximate surface area is 132 Å². The molecule has 0 amide bonds. The lowest BCUT2D eigenvalue weighted by atomic mass is 10.1. The summed E-state index contributed by atoms with van der Waals surface area (Å²) in [6.07, 6.45) is 0. The summed E-state index contributed by atoms with van der Waals surface area (Å²) in [4.78, 5) is 2.98. The fourth-order valence-electron chi connectivity index (χ4n) is 2.57. The summed E-state index contributed by atoms with van der Waals surface area (Å²) in [7, 11) is 0.449. The van der Waals surface area contributed by atoms with Gasteiger partial charge in [-0.3, -0.25) is 0 Å². The van der Waals surface area contributed by atoms with Gasteiger partial charge in [0.2, 0.25) is 10.0 Å².